The van der Waals surface area contributed by atoms with Crippen molar-refractivity contribution in [3.8, 4) is 11.1 Å². The Morgan fingerprint density at radius 2 is 1.95 bits per heavy atom. The number of carbonyl (C=O) groups is 1. The molecule has 2 N–H and O–H groups in total. The Balaban J connectivity index is 1.52. The van der Waals surface area contributed by atoms with E-state index in [1.807, 2.05) is 51.0 Å². The minimum atomic E-state index is -3.54. The molecule has 3 aromatic heterocycles. The van der Waals surface area contributed by atoms with Gasteiger partial charge in [-0.15, -0.1) is 4.68 Å². The molecule has 1 atom stereocenters. The van der Waals surface area contributed by atoms with Crippen LogP contribution in [0.2, 0.25) is 0 Å². The van der Waals surface area contributed by atoms with Crippen LogP contribution in [0.3, 0.4) is 0 Å². The van der Waals surface area contributed by atoms with Crippen LogP contribution < -0.4 is 10.00 Å². The van der Waals surface area contributed by atoms with Crippen LogP contribution in [0.1, 0.15) is 45.2 Å². The molecule has 1 fully saturated rings. The van der Waals surface area contributed by atoms with Crippen molar-refractivity contribution >= 4 is 33.3 Å². The van der Waals surface area contributed by atoms with Crippen LogP contribution in [0.25, 0.3) is 16.8 Å². The molecule has 41 heavy (non-hydrogen) atoms. The maximum atomic E-state index is 12.9. The van der Waals surface area contributed by atoms with E-state index >= 15 is 0 Å². The molecule has 218 valence electrons. The van der Waals surface area contributed by atoms with E-state index in [2.05, 4.69) is 15.5 Å². The van der Waals surface area contributed by atoms with E-state index in [1.165, 1.54) is 18.4 Å². The topological polar surface area (TPSA) is 129 Å². The fourth-order valence-corrected chi connectivity index (χ4v) is 5.77. The highest BCUT2D eigenvalue weighted by Gasteiger charge is 2.30. The summed E-state index contributed by atoms with van der Waals surface area (Å²) in [5.74, 6) is 0.674. The van der Waals surface area contributed by atoms with Gasteiger partial charge in [-0.2, -0.15) is 14.7 Å². The summed E-state index contributed by atoms with van der Waals surface area (Å²) in [6, 6.07) is 8.55. The molecule has 5 rings (SSSR count). The number of hydrogen-bond donors (Lipinski definition) is 2. The Morgan fingerprint density at radius 1 is 1.22 bits per heavy atom. The molecule has 1 saturated heterocycles. The third-order valence-electron chi connectivity index (χ3n) is 6.96. The molecule has 13 heteroatoms. The molecule has 0 bridgehead atoms. The maximum absolute atomic E-state index is 12.9. The quantitative estimate of drug-likeness (QED) is 0.333. The molecule has 12 nitrogen and oxygen atoms in total. The van der Waals surface area contributed by atoms with E-state index in [9.17, 15) is 13.2 Å². The number of likely N-dealkylation sites (tertiary alicyclic amines) is 1. The first-order chi connectivity index (χ1) is 19.3. The van der Waals surface area contributed by atoms with Crippen molar-refractivity contribution in [2.24, 2.45) is 7.05 Å². The first kappa shape index (κ1) is 28.6. The number of aryl methyl sites for hydroxylation is 1. The van der Waals surface area contributed by atoms with Crippen molar-refractivity contribution in [1.82, 2.24) is 28.9 Å². The summed E-state index contributed by atoms with van der Waals surface area (Å²) in [7, 11) is 1.38. The van der Waals surface area contributed by atoms with Crippen LogP contribution in [0.4, 0.5) is 16.3 Å². The van der Waals surface area contributed by atoms with Crippen LogP contribution >= 0.6 is 0 Å². The average molecular weight is 582 g/mol. The molecule has 1 unspecified atom stereocenters. The van der Waals surface area contributed by atoms with E-state index in [-0.39, 0.29) is 16.9 Å². The highest BCUT2D eigenvalue weighted by molar-refractivity contribution is 7.89. The number of ether oxygens (including phenoxy) is 1. The molecular formula is C28H37N8O4S+. The minimum Gasteiger partial charge on any atom is -0.444 e. The standard InChI is InChI=1S/C28H36N8O4S/c1-28(2,3)40-27(37)35-13-7-8-19(18-35)24-14-25(31-21-9-11-22(12-10-21)41(38,39)33(4)5)36-26(32-24)23(16-30-36)20-15-29-34(6)17-20/h9-12,14-17,19H,7-8,13,18H2,1-6H3,(H,30,31,32)/p+1. The number of H-pyrrole nitrogens is 1. The van der Waals surface area contributed by atoms with Gasteiger partial charge < -0.3 is 15.0 Å². The second-order valence-corrected chi connectivity index (χ2v) is 13.7. The number of carbonyl (C=O) groups excluding carboxylic acids is 1. The van der Waals surface area contributed by atoms with E-state index < -0.39 is 15.6 Å². The number of nitrogens with one attached hydrogen (secondary N) is 2. The van der Waals surface area contributed by atoms with Gasteiger partial charge >= 0.3 is 6.09 Å². The molecule has 0 aliphatic carbocycles. The van der Waals surface area contributed by atoms with Crippen molar-refractivity contribution in [3.63, 3.8) is 0 Å². The molecule has 0 radical (unpaired) electrons. The molecular weight excluding hydrogens is 544 g/mol. The zero-order valence-electron chi connectivity index (χ0n) is 24.2. The zero-order chi connectivity index (χ0) is 29.5. The van der Waals surface area contributed by atoms with Crippen molar-refractivity contribution in [2.75, 3.05) is 32.5 Å². The first-order valence-corrected chi connectivity index (χ1v) is 15.0. The number of aromatic amines is 1. The summed E-state index contributed by atoms with van der Waals surface area (Å²) in [5, 5.41) is 11.2. The van der Waals surface area contributed by atoms with Gasteiger partial charge in [-0.1, -0.05) is 0 Å². The number of fused-ring (bicyclic) bond motifs is 1. The summed E-state index contributed by atoms with van der Waals surface area (Å²) in [4.78, 5) is 19.9. The van der Waals surface area contributed by atoms with Gasteiger partial charge in [-0.3, -0.25) is 0 Å². The monoisotopic (exact) mass is 581 g/mol. The largest absolute Gasteiger partial charge is 0.444 e. The Morgan fingerprint density at radius 3 is 2.59 bits per heavy atom. The first-order valence-electron chi connectivity index (χ1n) is 13.5. The lowest BCUT2D eigenvalue weighted by molar-refractivity contribution is -0.726. The number of benzene rings is 1. The van der Waals surface area contributed by atoms with Gasteiger partial charge in [-0.05, 0) is 57.9 Å². The summed E-state index contributed by atoms with van der Waals surface area (Å²) < 4.78 is 35.5. The van der Waals surface area contributed by atoms with Crippen LogP contribution in [0.5, 0.6) is 0 Å². The third kappa shape index (κ3) is 6.05. The van der Waals surface area contributed by atoms with Gasteiger partial charge in [0, 0.05) is 44.9 Å². The minimum absolute atomic E-state index is 0.000449. The second kappa shape index (κ2) is 10.8. The van der Waals surface area contributed by atoms with Crippen LogP contribution in [-0.2, 0) is 21.8 Å². The summed E-state index contributed by atoms with van der Waals surface area (Å²) >= 11 is 0. The normalized spacial score (nSPS) is 16.4. The number of aromatic nitrogens is 5. The van der Waals surface area contributed by atoms with Crippen LogP contribution in [0, 0.1) is 0 Å². The Bertz CT molecular complexity index is 1670. The molecule has 1 aliphatic rings. The molecule has 1 aliphatic heterocycles. The SMILES string of the molecule is CN(C)S(=O)(=O)c1ccc(Nc2cc(C3CCCN(C(=O)OC(C)(C)C)C3)nc3c(-c4c[nH][n+](C)c4)cnn23)cc1. The highest BCUT2D eigenvalue weighted by Crippen LogP contribution is 2.32. The molecule has 4 heterocycles. The fraction of sp³-hybridized carbons (Fsp3) is 0.429. The second-order valence-electron chi connectivity index (χ2n) is 11.5. The number of amides is 1. The van der Waals surface area contributed by atoms with Crippen molar-refractivity contribution < 1.29 is 22.6 Å². The lowest BCUT2D eigenvalue weighted by Crippen LogP contribution is -2.42. The fourth-order valence-electron chi connectivity index (χ4n) is 4.87. The Labute approximate surface area is 240 Å². The predicted molar refractivity (Wildman–Crippen MR) is 154 cm³/mol. The van der Waals surface area contributed by atoms with Crippen LogP contribution in [-0.4, -0.2) is 76.2 Å². The number of piperidine rings is 1. The lowest BCUT2D eigenvalue weighted by atomic mass is 9.94. The van der Waals surface area contributed by atoms with E-state index in [0.29, 0.717) is 30.2 Å². The molecule has 1 aromatic carbocycles. The van der Waals surface area contributed by atoms with E-state index in [1.54, 1.807) is 39.9 Å². The third-order valence-corrected chi connectivity index (χ3v) is 8.79. The van der Waals surface area contributed by atoms with E-state index in [0.717, 1.165) is 29.7 Å². The highest BCUT2D eigenvalue weighted by atomic mass is 32.2. The van der Waals surface area contributed by atoms with Crippen molar-refractivity contribution in [3.05, 3.63) is 54.6 Å². The summed E-state index contributed by atoms with van der Waals surface area (Å²) in [6.07, 6.45) is 7.03. The molecule has 4 aromatic rings. The predicted octanol–water partition coefficient (Wildman–Crippen LogP) is 3.66. The summed E-state index contributed by atoms with van der Waals surface area (Å²) in [5.41, 5.74) is 3.44. The summed E-state index contributed by atoms with van der Waals surface area (Å²) in [6.45, 7) is 6.73. The van der Waals surface area contributed by atoms with Gasteiger partial charge in [0.25, 0.3) is 0 Å². The van der Waals surface area contributed by atoms with Gasteiger partial charge in [0.05, 0.1) is 34.1 Å². The smallest absolute Gasteiger partial charge is 0.410 e. The maximum Gasteiger partial charge on any atom is 0.410 e. The molecule has 0 saturated carbocycles. The van der Waals surface area contributed by atoms with Crippen LogP contribution in [0.15, 0.2) is 53.8 Å². The average Bonchev–Trinajstić information content (AvgIpc) is 3.54. The van der Waals surface area contributed by atoms with Gasteiger partial charge in [0.15, 0.2) is 12.7 Å². The number of hydrogen-bond acceptors (Lipinski definition) is 7. The van der Waals surface area contributed by atoms with Gasteiger partial charge in [0.1, 0.15) is 11.4 Å². The van der Waals surface area contributed by atoms with Gasteiger partial charge in [-0.25, -0.2) is 22.5 Å². The number of anilines is 2. The molecule has 0 spiro atoms. The Hall–Kier alpha value is -3.97. The zero-order valence-corrected chi connectivity index (χ0v) is 25.1. The number of sulfonamides is 1. The Kier molecular flexibility index (Phi) is 7.51. The van der Waals surface area contributed by atoms with Crippen molar-refractivity contribution in [1.29, 1.82) is 0 Å². The lowest BCUT2D eigenvalue weighted by Gasteiger charge is -2.34. The van der Waals surface area contributed by atoms with E-state index in [4.69, 9.17) is 9.72 Å². The van der Waals surface area contributed by atoms with Crippen molar-refractivity contribution in [2.45, 2.75) is 50.0 Å². The van der Waals surface area contributed by atoms with Gasteiger partial charge in [0.2, 0.25) is 16.2 Å². The number of nitrogens with zero attached hydrogens (tertiary/aromatic N) is 6. The number of rotatable bonds is 6. The molecule has 1 amide bonds.